The number of amides is 5. The van der Waals surface area contributed by atoms with Crippen LogP contribution in [0.3, 0.4) is 0 Å². The number of Topliss-reactive ketones (excluding diaryl/α,β-unsaturated/α-hetero) is 1. The lowest BCUT2D eigenvalue weighted by Crippen LogP contribution is -2.63. The van der Waals surface area contributed by atoms with Gasteiger partial charge >= 0.3 is 6.03 Å². The SMILES string of the molecule is C=CCNC(=O)C(=O)C(CCCC)NC(=O)C1[C@@H]2[C@H](CN1C(=O)[C@@H](NC(=O)N[C@H](COC)C(=C)C)C1(C)CCCCC1)C2(C)C. The molecular formula is C34H55N5O6. The average molecular weight is 630 g/mol. The predicted molar refractivity (Wildman–Crippen MR) is 173 cm³/mol. The summed E-state index contributed by atoms with van der Waals surface area (Å²) in [5, 5.41) is 11.3. The van der Waals surface area contributed by atoms with E-state index < -0.39 is 53.2 Å². The summed E-state index contributed by atoms with van der Waals surface area (Å²) in [6.07, 6.45) is 7.70. The highest BCUT2D eigenvalue weighted by Crippen LogP contribution is 2.65. The molecule has 1 saturated heterocycles. The predicted octanol–water partition coefficient (Wildman–Crippen LogP) is 3.25. The highest BCUT2D eigenvalue weighted by molar-refractivity contribution is 6.38. The molecule has 1 heterocycles. The molecule has 0 aromatic carbocycles. The number of nitrogens with one attached hydrogen (secondary N) is 4. The molecule has 45 heavy (non-hydrogen) atoms. The van der Waals surface area contributed by atoms with Gasteiger partial charge in [0.1, 0.15) is 12.1 Å². The second-order valence-electron chi connectivity index (χ2n) is 14.1. The number of carbonyl (C=O) groups is 5. The van der Waals surface area contributed by atoms with Crippen LogP contribution >= 0.6 is 0 Å². The summed E-state index contributed by atoms with van der Waals surface area (Å²) in [5.41, 5.74) is 0.0638. The van der Waals surface area contributed by atoms with E-state index in [2.05, 4.69) is 48.3 Å². The second-order valence-corrected chi connectivity index (χ2v) is 14.1. The number of carbonyl (C=O) groups excluding carboxylic acids is 5. The summed E-state index contributed by atoms with van der Waals surface area (Å²) in [5.74, 6) is -2.21. The zero-order chi connectivity index (χ0) is 33.5. The number of ketones is 1. The van der Waals surface area contributed by atoms with Crippen LogP contribution < -0.4 is 21.3 Å². The Kier molecular flexibility index (Phi) is 12.4. The van der Waals surface area contributed by atoms with Crippen molar-refractivity contribution in [3.05, 3.63) is 24.8 Å². The maximum Gasteiger partial charge on any atom is 0.316 e. The molecule has 1 aliphatic heterocycles. The van der Waals surface area contributed by atoms with Gasteiger partial charge in [0.05, 0.1) is 18.7 Å². The van der Waals surface area contributed by atoms with Crippen molar-refractivity contribution in [2.75, 3.05) is 26.8 Å². The Bertz CT molecular complexity index is 1150. The summed E-state index contributed by atoms with van der Waals surface area (Å²) < 4.78 is 5.24. The van der Waals surface area contributed by atoms with Gasteiger partial charge in [0.2, 0.25) is 17.6 Å². The van der Waals surface area contributed by atoms with Gasteiger partial charge in [0, 0.05) is 20.2 Å². The third kappa shape index (κ3) is 8.34. The van der Waals surface area contributed by atoms with Crippen molar-refractivity contribution >= 4 is 29.5 Å². The molecule has 3 aliphatic rings. The topological polar surface area (TPSA) is 146 Å². The Balaban J connectivity index is 1.89. The third-order valence-corrected chi connectivity index (χ3v) is 10.3. The Labute approximate surface area is 268 Å². The molecule has 6 atom stereocenters. The minimum atomic E-state index is -1.00. The molecule has 0 radical (unpaired) electrons. The first kappa shape index (κ1) is 36.3. The lowest BCUT2D eigenvalue weighted by Gasteiger charge is -2.43. The van der Waals surface area contributed by atoms with E-state index in [0.29, 0.717) is 19.4 Å². The van der Waals surface area contributed by atoms with Crippen LogP contribution in [0.1, 0.15) is 86.0 Å². The van der Waals surface area contributed by atoms with Gasteiger partial charge in [0.25, 0.3) is 5.91 Å². The summed E-state index contributed by atoms with van der Waals surface area (Å²) in [6, 6.07) is -3.60. The van der Waals surface area contributed by atoms with E-state index >= 15 is 0 Å². The van der Waals surface area contributed by atoms with E-state index in [1.54, 1.807) is 18.9 Å². The number of piperidine rings is 1. The first-order valence-electron chi connectivity index (χ1n) is 16.5. The quantitative estimate of drug-likeness (QED) is 0.152. The molecule has 2 unspecified atom stereocenters. The zero-order valence-corrected chi connectivity index (χ0v) is 28.1. The van der Waals surface area contributed by atoms with Gasteiger partial charge in [-0.05, 0) is 48.9 Å². The molecule has 11 heteroatoms. The maximum atomic E-state index is 14.6. The van der Waals surface area contributed by atoms with E-state index in [9.17, 15) is 24.0 Å². The van der Waals surface area contributed by atoms with Crippen molar-refractivity contribution in [2.24, 2.45) is 22.7 Å². The van der Waals surface area contributed by atoms with Crippen LogP contribution in [-0.2, 0) is 23.9 Å². The van der Waals surface area contributed by atoms with E-state index in [-0.39, 0.29) is 36.3 Å². The van der Waals surface area contributed by atoms with Crippen LogP contribution in [0.5, 0.6) is 0 Å². The highest BCUT2D eigenvalue weighted by atomic mass is 16.5. The fourth-order valence-corrected chi connectivity index (χ4v) is 7.31. The number of unbranched alkanes of at least 4 members (excludes halogenated alkanes) is 1. The highest BCUT2D eigenvalue weighted by Gasteiger charge is 2.70. The number of likely N-dealkylation sites (tertiary alicyclic amines) is 1. The van der Waals surface area contributed by atoms with Crippen molar-refractivity contribution in [3.63, 3.8) is 0 Å². The van der Waals surface area contributed by atoms with Gasteiger partial charge in [-0.3, -0.25) is 19.2 Å². The van der Waals surface area contributed by atoms with Crippen molar-refractivity contribution in [1.82, 2.24) is 26.2 Å². The van der Waals surface area contributed by atoms with Crippen LogP contribution in [-0.4, -0.2) is 85.4 Å². The molecule has 0 bridgehead atoms. The summed E-state index contributed by atoms with van der Waals surface area (Å²) in [7, 11) is 1.55. The van der Waals surface area contributed by atoms with Crippen LogP contribution in [0.25, 0.3) is 0 Å². The normalized spacial score (nSPS) is 24.7. The molecule has 3 fully saturated rings. The average Bonchev–Trinajstić information content (AvgIpc) is 3.30. The third-order valence-electron chi connectivity index (χ3n) is 10.3. The van der Waals surface area contributed by atoms with Crippen LogP contribution in [0, 0.1) is 22.7 Å². The molecule has 2 aliphatic carbocycles. The standard InChI is InChI=1S/C34H55N5O6/c1-9-11-15-23(27(40)30(42)35-18-10-2)36-29(41)26-25-22(33(25,5)6)19-39(26)31(43)28(34(7)16-13-12-14-17-34)38-32(44)37-24(20-45-8)21(3)4/h10,22-26,28H,2-3,9,11-20H2,1,4-8H3,(H,35,42)(H,36,41)(H2,37,38,44)/t22-,23?,24+,25-,26?,28+/m0/s1. The Morgan fingerprint density at radius 1 is 1.02 bits per heavy atom. The van der Waals surface area contributed by atoms with Crippen molar-refractivity contribution in [1.29, 1.82) is 0 Å². The number of urea groups is 1. The van der Waals surface area contributed by atoms with Crippen molar-refractivity contribution in [3.8, 4) is 0 Å². The number of ether oxygens (including phenoxy) is 1. The molecule has 4 N–H and O–H groups in total. The number of fused-ring (bicyclic) bond motifs is 1. The van der Waals surface area contributed by atoms with Crippen LogP contribution in [0.15, 0.2) is 24.8 Å². The molecule has 3 rings (SSSR count). The Morgan fingerprint density at radius 2 is 1.69 bits per heavy atom. The van der Waals surface area contributed by atoms with Gasteiger partial charge in [-0.2, -0.15) is 0 Å². The lowest BCUT2D eigenvalue weighted by molar-refractivity contribution is -0.146. The first-order chi connectivity index (χ1) is 21.2. The van der Waals surface area contributed by atoms with Crippen molar-refractivity contribution in [2.45, 2.75) is 110 Å². The van der Waals surface area contributed by atoms with Crippen molar-refractivity contribution < 1.29 is 28.7 Å². The Morgan fingerprint density at radius 3 is 2.27 bits per heavy atom. The molecule has 2 saturated carbocycles. The van der Waals surface area contributed by atoms with E-state index in [0.717, 1.165) is 44.1 Å². The number of hydrogen-bond donors (Lipinski definition) is 4. The van der Waals surface area contributed by atoms with Gasteiger partial charge < -0.3 is 30.9 Å². The molecular weight excluding hydrogens is 574 g/mol. The van der Waals surface area contributed by atoms with Gasteiger partial charge in [-0.15, -0.1) is 6.58 Å². The largest absolute Gasteiger partial charge is 0.382 e. The molecule has 5 amide bonds. The lowest BCUT2D eigenvalue weighted by atomic mass is 9.70. The minimum Gasteiger partial charge on any atom is -0.382 e. The summed E-state index contributed by atoms with van der Waals surface area (Å²) >= 11 is 0. The van der Waals surface area contributed by atoms with Gasteiger partial charge in [0.15, 0.2) is 0 Å². The molecule has 252 valence electrons. The van der Waals surface area contributed by atoms with E-state index in [4.69, 9.17) is 4.74 Å². The summed E-state index contributed by atoms with van der Waals surface area (Å²) in [4.78, 5) is 69.2. The molecule has 11 nitrogen and oxygen atoms in total. The number of nitrogens with zero attached hydrogens (tertiary/aromatic N) is 1. The van der Waals surface area contributed by atoms with Crippen LogP contribution in [0.2, 0.25) is 0 Å². The fraction of sp³-hybridized carbons (Fsp3) is 0.735. The number of methoxy groups -OCH3 is 1. The minimum absolute atomic E-state index is 0.0962. The maximum absolute atomic E-state index is 14.6. The van der Waals surface area contributed by atoms with Crippen LogP contribution in [0.4, 0.5) is 4.79 Å². The van der Waals surface area contributed by atoms with E-state index in [1.165, 1.54) is 6.08 Å². The monoisotopic (exact) mass is 629 g/mol. The first-order valence-corrected chi connectivity index (χ1v) is 16.5. The second kappa shape index (κ2) is 15.4. The molecule has 0 spiro atoms. The Hall–Kier alpha value is -3.21. The molecule has 0 aromatic rings. The molecule has 0 aromatic heterocycles. The van der Waals surface area contributed by atoms with Gasteiger partial charge in [-0.1, -0.05) is 78.0 Å². The fourth-order valence-electron chi connectivity index (χ4n) is 7.31. The van der Waals surface area contributed by atoms with E-state index in [1.807, 2.05) is 13.8 Å². The smallest absolute Gasteiger partial charge is 0.316 e. The number of rotatable bonds is 16. The summed E-state index contributed by atoms with van der Waals surface area (Å²) in [6.45, 7) is 18.3. The number of hydrogen-bond acceptors (Lipinski definition) is 6. The zero-order valence-electron chi connectivity index (χ0n) is 28.1. The van der Waals surface area contributed by atoms with Gasteiger partial charge in [-0.25, -0.2) is 4.79 Å².